The molecular formula is C5H10N2O4. The van der Waals surface area contributed by atoms with Crippen LogP contribution in [0.15, 0.2) is 0 Å². The van der Waals surface area contributed by atoms with Crippen molar-refractivity contribution in [1.29, 1.82) is 0 Å². The van der Waals surface area contributed by atoms with Crippen molar-refractivity contribution in [2.45, 2.75) is 0 Å². The van der Waals surface area contributed by atoms with Gasteiger partial charge in [0.2, 0.25) is 0 Å². The van der Waals surface area contributed by atoms with E-state index in [9.17, 15) is 4.79 Å². The summed E-state index contributed by atoms with van der Waals surface area (Å²) in [5, 5.41) is 17.2. The molecule has 0 spiro atoms. The highest BCUT2D eigenvalue weighted by Crippen LogP contribution is 2.03. The number of amides is 2. The molecule has 0 aromatic heterocycles. The van der Waals surface area contributed by atoms with Crippen molar-refractivity contribution in [2.75, 3.05) is 26.9 Å². The van der Waals surface area contributed by atoms with Crippen LogP contribution in [0, 0.1) is 0 Å². The van der Waals surface area contributed by atoms with E-state index >= 15 is 0 Å². The first-order valence-electron chi connectivity index (χ1n) is 3.13. The normalized spacial score (nSPS) is 19.3. The zero-order valence-corrected chi connectivity index (χ0v) is 5.93. The van der Waals surface area contributed by atoms with Crippen LogP contribution in [0.2, 0.25) is 0 Å². The summed E-state index contributed by atoms with van der Waals surface area (Å²) in [6.07, 6.45) is 0. The van der Waals surface area contributed by atoms with Gasteiger partial charge in [-0.25, -0.2) is 4.79 Å². The molecule has 0 radical (unpaired) electrons. The Labute approximate surface area is 63.6 Å². The molecule has 0 atom stereocenters. The predicted octanol–water partition coefficient (Wildman–Crippen LogP) is -1.44. The largest absolute Gasteiger partial charge is 0.376 e. The highest BCUT2D eigenvalue weighted by molar-refractivity contribution is 5.74. The zero-order valence-electron chi connectivity index (χ0n) is 5.93. The van der Waals surface area contributed by atoms with E-state index in [-0.39, 0.29) is 13.5 Å². The highest BCUT2D eigenvalue weighted by atomic mass is 16.5. The topological polar surface area (TPSA) is 73.2 Å². The van der Waals surface area contributed by atoms with Gasteiger partial charge in [0.15, 0.2) is 0 Å². The molecule has 2 N–H and O–H groups in total. The van der Waals surface area contributed by atoms with Crippen LogP contribution in [0.3, 0.4) is 0 Å². The molecule has 1 saturated heterocycles. The summed E-state index contributed by atoms with van der Waals surface area (Å²) in [5.74, 6) is 0. The van der Waals surface area contributed by atoms with Gasteiger partial charge in [-0.1, -0.05) is 0 Å². The molecule has 1 rings (SSSR count). The minimum absolute atomic E-state index is 0.0752. The summed E-state index contributed by atoms with van der Waals surface area (Å²) in [7, 11) is 0. The second kappa shape index (κ2) is 3.51. The van der Waals surface area contributed by atoms with E-state index in [0.717, 1.165) is 9.80 Å². The van der Waals surface area contributed by atoms with Gasteiger partial charge in [-0.15, -0.1) is 0 Å². The van der Waals surface area contributed by atoms with Crippen molar-refractivity contribution in [3.63, 3.8) is 0 Å². The van der Waals surface area contributed by atoms with Crippen LogP contribution in [0.1, 0.15) is 0 Å². The van der Waals surface area contributed by atoms with Crippen LogP contribution in [-0.2, 0) is 4.74 Å². The molecule has 0 bridgehead atoms. The molecule has 0 unspecified atom stereocenters. The fourth-order valence-corrected chi connectivity index (χ4v) is 0.774. The SMILES string of the molecule is O=C1N(CO)COCN1CO. The maximum atomic E-state index is 11.0. The van der Waals surface area contributed by atoms with E-state index in [1.807, 2.05) is 0 Å². The standard InChI is InChI=1S/C5H10N2O4/c8-1-6-3-11-4-7(2-9)5(6)10/h8-9H,1-4H2. The Morgan fingerprint density at radius 1 is 1.27 bits per heavy atom. The second-order valence-corrected chi connectivity index (χ2v) is 2.11. The molecule has 2 amide bonds. The summed E-state index contributed by atoms with van der Waals surface area (Å²) >= 11 is 0. The average molecular weight is 162 g/mol. The molecule has 6 nitrogen and oxygen atoms in total. The molecule has 1 aliphatic heterocycles. The van der Waals surface area contributed by atoms with Gasteiger partial charge >= 0.3 is 6.03 Å². The third-order valence-electron chi connectivity index (χ3n) is 1.38. The minimum atomic E-state index is -0.416. The van der Waals surface area contributed by atoms with Gasteiger partial charge < -0.3 is 14.9 Å². The van der Waals surface area contributed by atoms with E-state index in [0.29, 0.717) is 0 Å². The first-order chi connectivity index (χ1) is 5.29. The average Bonchev–Trinajstić information content (AvgIpc) is 2.05. The zero-order chi connectivity index (χ0) is 8.27. The number of nitrogens with zero attached hydrogens (tertiary/aromatic N) is 2. The molecule has 11 heavy (non-hydrogen) atoms. The van der Waals surface area contributed by atoms with Gasteiger partial charge in [-0.3, -0.25) is 9.80 Å². The molecule has 1 heterocycles. The lowest BCUT2D eigenvalue weighted by atomic mass is 10.6. The number of aliphatic hydroxyl groups excluding tert-OH is 2. The molecule has 6 heteroatoms. The van der Waals surface area contributed by atoms with Crippen LogP contribution in [0.4, 0.5) is 4.79 Å². The quantitative estimate of drug-likeness (QED) is 0.521. The molecule has 1 fully saturated rings. The van der Waals surface area contributed by atoms with E-state index in [1.54, 1.807) is 0 Å². The van der Waals surface area contributed by atoms with Crippen molar-refractivity contribution in [2.24, 2.45) is 0 Å². The summed E-state index contributed by atoms with van der Waals surface area (Å²) in [6, 6.07) is -0.416. The number of rotatable bonds is 2. The van der Waals surface area contributed by atoms with Crippen LogP contribution in [0.25, 0.3) is 0 Å². The third-order valence-corrected chi connectivity index (χ3v) is 1.38. The van der Waals surface area contributed by atoms with Crippen molar-refractivity contribution in [1.82, 2.24) is 9.80 Å². The van der Waals surface area contributed by atoms with Gasteiger partial charge in [-0.05, 0) is 0 Å². The van der Waals surface area contributed by atoms with Crippen LogP contribution in [-0.4, -0.2) is 53.0 Å². The highest BCUT2D eigenvalue weighted by Gasteiger charge is 2.24. The summed E-state index contributed by atoms with van der Waals surface area (Å²) < 4.78 is 4.86. The van der Waals surface area contributed by atoms with Gasteiger partial charge in [0, 0.05) is 0 Å². The Morgan fingerprint density at radius 2 is 1.73 bits per heavy atom. The lowest BCUT2D eigenvalue weighted by molar-refractivity contribution is -0.0918. The summed E-state index contributed by atoms with van der Waals surface area (Å²) in [5.41, 5.74) is 0. The second-order valence-electron chi connectivity index (χ2n) is 2.11. The number of hydrogen-bond acceptors (Lipinski definition) is 4. The van der Waals surface area contributed by atoms with Gasteiger partial charge in [0.05, 0.1) is 0 Å². The lowest BCUT2D eigenvalue weighted by Crippen LogP contribution is -2.50. The van der Waals surface area contributed by atoms with E-state index in [2.05, 4.69) is 0 Å². The smallest absolute Gasteiger partial charge is 0.327 e. The molecule has 0 aromatic rings. The maximum absolute atomic E-state index is 11.0. The van der Waals surface area contributed by atoms with Gasteiger partial charge in [0.25, 0.3) is 0 Å². The van der Waals surface area contributed by atoms with Gasteiger partial charge in [-0.2, -0.15) is 0 Å². The van der Waals surface area contributed by atoms with Crippen LogP contribution in [0.5, 0.6) is 0 Å². The Kier molecular flexibility index (Phi) is 2.64. The first-order valence-corrected chi connectivity index (χ1v) is 3.13. The lowest BCUT2D eigenvalue weighted by Gasteiger charge is -2.32. The van der Waals surface area contributed by atoms with Crippen LogP contribution < -0.4 is 0 Å². The molecule has 0 aromatic carbocycles. The fourth-order valence-electron chi connectivity index (χ4n) is 0.774. The fraction of sp³-hybridized carbons (Fsp3) is 0.800. The number of hydrogen-bond donors (Lipinski definition) is 2. The first kappa shape index (κ1) is 8.25. The van der Waals surface area contributed by atoms with Crippen molar-refractivity contribution < 1.29 is 19.7 Å². The van der Waals surface area contributed by atoms with Crippen molar-refractivity contribution >= 4 is 6.03 Å². The van der Waals surface area contributed by atoms with E-state index in [4.69, 9.17) is 14.9 Å². The van der Waals surface area contributed by atoms with Crippen molar-refractivity contribution in [3.8, 4) is 0 Å². The van der Waals surface area contributed by atoms with Crippen molar-refractivity contribution in [3.05, 3.63) is 0 Å². The molecule has 1 aliphatic rings. The number of carbonyl (C=O) groups excluding carboxylic acids is 1. The molecule has 64 valence electrons. The van der Waals surface area contributed by atoms with Gasteiger partial charge in [0.1, 0.15) is 26.9 Å². The number of carbonyl (C=O) groups is 1. The Bertz CT molecular complexity index is 137. The monoisotopic (exact) mass is 162 g/mol. The number of ether oxygens (including phenoxy) is 1. The maximum Gasteiger partial charge on any atom is 0.327 e. The third kappa shape index (κ3) is 1.59. The molecular weight excluding hydrogens is 152 g/mol. The Balaban J connectivity index is 2.52. The minimum Gasteiger partial charge on any atom is -0.376 e. The molecule has 0 saturated carbocycles. The predicted molar refractivity (Wildman–Crippen MR) is 34.1 cm³/mol. The van der Waals surface area contributed by atoms with Crippen LogP contribution >= 0.6 is 0 Å². The number of aliphatic hydroxyl groups is 2. The summed E-state index contributed by atoms with van der Waals surface area (Å²) in [4.78, 5) is 13.2. The summed E-state index contributed by atoms with van der Waals surface area (Å²) in [6.45, 7) is -0.637. The Morgan fingerprint density at radius 3 is 2.09 bits per heavy atom. The van der Waals surface area contributed by atoms with E-state index < -0.39 is 19.5 Å². The molecule has 0 aliphatic carbocycles. The van der Waals surface area contributed by atoms with E-state index in [1.165, 1.54) is 0 Å². The number of urea groups is 1. The Hall–Kier alpha value is -0.850.